The highest BCUT2D eigenvalue weighted by Gasteiger charge is 2.26. The van der Waals surface area contributed by atoms with E-state index in [9.17, 15) is 4.79 Å². The highest BCUT2D eigenvalue weighted by Crippen LogP contribution is 2.05. The molecule has 0 bridgehead atoms. The second kappa shape index (κ2) is 6.63. The van der Waals surface area contributed by atoms with Crippen LogP contribution in [0.5, 0.6) is 0 Å². The van der Waals surface area contributed by atoms with Crippen LogP contribution in [0.1, 0.15) is 19.8 Å². The molecule has 0 saturated carbocycles. The van der Waals surface area contributed by atoms with Crippen LogP contribution in [0.25, 0.3) is 0 Å². The Bertz CT molecular complexity index is 199. The van der Waals surface area contributed by atoms with E-state index in [0.717, 1.165) is 19.4 Å². The molecule has 1 rings (SSSR count). The Kier molecular flexibility index (Phi) is 5.42. The third-order valence-corrected chi connectivity index (χ3v) is 2.52. The second-order valence-electron chi connectivity index (χ2n) is 3.70. The molecule has 0 spiro atoms. The molecule has 1 aliphatic heterocycles. The summed E-state index contributed by atoms with van der Waals surface area (Å²) in [6.07, 6.45) is 1.60. The number of hydrogen-bond acceptors (Lipinski definition) is 4. The maximum absolute atomic E-state index is 11.6. The second-order valence-corrected chi connectivity index (χ2v) is 3.70. The summed E-state index contributed by atoms with van der Waals surface area (Å²) in [7, 11) is 0. The molecular weight excluding hydrogens is 196 g/mol. The molecule has 1 unspecified atom stereocenters. The highest BCUT2D eigenvalue weighted by molar-refractivity contribution is 5.68. The number of rotatable bonds is 4. The Morgan fingerprint density at radius 1 is 1.67 bits per heavy atom. The van der Waals surface area contributed by atoms with Crippen LogP contribution in [-0.2, 0) is 4.74 Å². The zero-order valence-electron chi connectivity index (χ0n) is 9.24. The van der Waals surface area contributed by atoms with E-state index in [1.807, 2.05) is 0 Å². The van der Waals surface area contributed by atoms with Gasteiger partial charge in [-0.2, -0.15) is 0 Å². The molecule has 0 aromatic carbocycles. The number of nitrogens with one attached hydrogen (secondary N) is 1. The van der Waals surface area contributed by atoms with Gasteiger partial charge in [0.2, 0.25) is 0 Å². The van der Waals surface area contributed by atoms with Gasteiger partial charge in [0, 0.05) is 19.6 Å². The lowest BCUT2D eigenvalue weighted by Crippen LogP contribution is -2.55. The molecule has 0 radical (unpaired) electrons. The van der Waals surface area contributed by atoms with Gasteiger partial charge in [-0.3, -0.25) is 0 Å². The van der Waals surface area contributed by atoms with Crippen LogP contribution in [0.15, 0.2) is 0 Å². The van der Waals surface area contributed by atoms with E-state index in [4.69, 9.17) is 9.84 Å². The first-order valence-corrected chi connectivity index (χ1v) is 5.54. The van der Waals surface area contributed by atoms with E-state index in [-0.39, 0.29) is 18.7 Å². The molecule has 0 aliphatic carbocycles. The molecule has 88 valence electrons. The normalized spacial score (nSPS) is 21.5. The van der Waals surface area contributed by atoms with Crippen molar-refractivity contribution in [3.63, 3.8) is 0 Å². The number of hydrogen-bond donors (Lipinski definition) is 2. The van der Waals surface area contributed by atoms with Gasteiger partial charge in [-0.25, -0.2) is 4.79 Å². The number of amides is 1. The van der Waals surface area contributed by atoms with Crippen LogP contribution in [-0.4, -0.2) is 55.0 Å². The first kappa shape index (κ1) is 12.3. The van der Waals surface area contributed by atoms with E-state index in [1.165, 1.54) is 0 Å². The summed E-state index contributed by atoms with van der Waals surface area (Å²) in [4.78, 5) is 13.2. The number of ether oxygens (including phenoxy) is 1. The molecule has 0 aromatic heterocycles. The minimum Gasteiger partial charge on any atom is -0.449 e. The number of unbranched alkanes of at least 4 members (excludes halogenated alkanes) is 1. The fraction of sp³-hybridized carbons (Fsp3) is 0.900. The summed E-state index contributed by atoms with van der Waals surface area (Å²) < 4.78 is 5.10. The van der Waals surface area contributed by atoms with Gasteiger partial charge in [-0.05, 0) is 6.42 Å². The smallest absolute Gasteiger partial charge is 0.410 e. The molecule has 0 aromatic rings. The molecule has 1 amide bonds. The average Bonchev–Trinajstić information content (AvgIpc) is 2.29. The van der Waals surface area contributed by atoms with E-state index < -0.39 is 0 Å². The Labute approximate surface area is 90.4 Å². The van der Waals surface area contributed by atoms with Gasteiger partial charge in [0.05, 0.1) is 19.3 Å². The van der Waals surface area contributed by atoms with Crippen LogP contribution in [0.4, 0.5) is 4.79 Å². The van der Waals surface area contributed by atoms with Crippen LogP contribution < -0.4 is 5.32 Å². The molecule has 1 aliphatic rings. The van der Waals surface area contributed by atoms with Crippen molar-refractivity contribution in [2.75, 3.05) is 32.8 Å². The fourth-order valence-corrected chi connectivity index (χ4v) is 1.55. The van der Waals surface area contributed by atoms with Crippen molar-refractivity contribution in [2.24, 2.45) is 0 Å². The van der Waals surface area contributed by atoms with Gasteiger partial charge in [-0.1, -0.05) is 13.3 Å². The van der Waals surface area contributed by atoms with Crippen LogP contribution in [0.3, 0.4) is 0 Å². The quantitative estimate of drug-likeness (QED) is 0.659. The average molecular weight is 216 g/mol. The van der Waals surface area contributed by atoms with Crippen molar-refractivity contribution in [3.05, 3.63) is 0 Å². The summed E-state index contributed by atoms with van der Waals surface area (Å²) in [6, 6.07) is -0.145. The molecule has 1 atom stereocenters. The number of aliphatic hydroxyl groups is 1. The van der Waals surface area contributed by atoms with Gasteiger partial charge in [0.1, 0.15) is 0 Å². The van der Waals surface area contributed by atoms with Crippen LogP contribution in [0.2, 0.25) is 0 Å². The summed E-state index contributed by atoms with van der Waals surface area (Å²) in [5.41, 5.74) is 0. The topological polar surface area (TPSA) is 61.8 Å². The van der Waals surface area contributed by atoms with Crippen molar-refractivity contribution < 1.29 is 14.6 Å². The molecule has 1 fully saturated rings. The van der Waals surface area contributed by atoms with E-state index >= 15 is 0 Å². The molecule has 15 heavy (non-hydrogen) atoms. The Morgan fingerprint density at radius 3 is 3.13 bits per heavy atom. The lowest BCUT2D eigenvalue weighted by atomic mass is 10.2. The van der Waals surface area contributed by atoms with Gasteiger partial charge < -0.3 is 20.1 Å². The Balaban J connectivity index is 2.34. The maximum atomic E-state index is 11.6. The Morgan fingerprint density at radius 2 is 2.47 bits per heavy atom. The molecule has 5 heteroatoms. The zero-order chi connectivity index (χ0) is 11.1. The van der Waals surface area contributed by atoms with E-state index in [2.05, 4.69) is 12.2 Å². The molecule has 2 N–H and O–H groups in total. The minimum absolute atomic E-state index is 0.0180. The lowest BCUT2D eigenvalue weighted by molar-refractivity contribution is 0.0585. The summed E-state index contributed by atoms with van der Waals surface area (Å²) in [5, 5.41) is 12.2. The first-order chi connectivity index (χ1) is 7.29. The predicted octanol–water partition coefficient (Wildman–Crippen LogP) is 0.189. The zero-order valence-corrected chi connectivity index (χ0v) is 9.24. The van der Waals surface area contributed by atoms with E-state index in [0.29, 0.717) is 19.7 Å². The number of carbonyl (C=O) groups is 1. The van der Waals surface area contributed by atoms with Gasteiger partial charge in [0.15, 0.2) is 0 Å². The van der Waals surface area contributed by atoms with Crippen molar-refractivity contribution in [2.45, 2.75) is 25.8 Å². The van der Waals surface area contributed by atoms with Crippen molar-refractivity contribution in [3.8, 4) is 0 Å². The summed E-state index contributed by atoms with van der Waals surface area (Å²) >= 11 is 0. The predicted molar refractivity (Wildman–Crippen MR) is 56.7 cm³/mol. The number of carbonyl (C=O) groups excluding carboxylic acids is 1. The third-order valence-electron chi connectivity index (χ3n) is 2.52. The van der Waals surface area contributed by atoms with E-state index in [1.54, 1.807) is 4.90 Å². The Hall–Kier alpha value is -0.810. The third kappa shape index (κ3) is 3.68. The standard InChI is InChI=1S/C10H20N2O3/c1-2-3-6-15-10(14)12-5-4-11-7-9(12)8-13/h9,11,13H,2-8H2,1H3. The molecule has 1 heterocycles. The summed E-state index contributed by atoms with van der Waals surface area (Å²) in [5.74, 6) is 0. The number of piperazine rings is 1. The fourth-order valence-electron chi connectivity index (χ4n) is 1.55. The van der Waals surface area contributed by atoms with Crippen LogP contribution in [0, 0.1) is 0 Å². The molecule has 5 nitrogen and oxygen atoms in total. The summed E-state index contributed by atoms with van der Waals surface area (Å²) in [6.45, 7) is 4.51. The molecule has 1 saturated heterocycles. The van der Waals surface area contributed by atoms with Crippen molar-refractivity contribution in [1.82, 2.24) is 10.2 Å². The van der Waals surface area contributed by atoms with Gasteiger partial charge in [-0.15, -0.1) is 0 Å². The number of nitrogens with zero attached hydrogens (tertiary/aromatic N) is 1. The van der Waals surface area contributed by atoms with Gasteiger partial charge in [0.25, 0.3) is 0 Å². The highest BCUT2D eigenvalue weighted by atomic mass is 16.6. The van der Waals surface area contributed by atoms with Crippen LogP contribution >= 0.6 is 0 Å². The maximum Gasteiger partial charge on any atom is 0.410 e. The largest absolute Gasteiger partial charge is 0.449 e. The number of aliphatic hydroxyl groups excluding tert-OH is 1. The SMILES string of the molecule is CCCCOC(=O)N1CCNCC1CO. The molecular formula is C10H20N2O3. The lowest BCUT2D eigenvalue weighted by Gasteiger charge is -2.34. The van der Waals surface area contributed by atoms with Crippen molar-refractivity contribution >= 4 is 6.09 Å². The van der Waals surface area contributed by atoms with Crippen molar-refractivity contribution in [1.29, 1.82) is 0 Å². The monoisotopic (exact) mass is 216 g/mol. The first-order valence-electron chi connectivity index (χ1n) is 5.54. The van der Waals surface area contributed by atoms with Gasteiger partial charge >= 0.3 is 6.09 Å². The minimum atomic E-state index is -0.302.